The molecule has 2 aromatic rings. The van der Waals surface area contributed by atoms with E-state index in [1.54, 1.807) is 18.6 Å². The van der Waals surface area contributed by atoms with E-state index in [1.807, 2.05) is 31.2 Å². The largest absolute Gasteiger partial charge is 0.493 e. The van der Waals surface area contributed by atoms with Crippen LogP contribution in [0.1, 0.15) is 55.7 Å². The number of nitrogens with zero attached hydrogens (tertiary/aromatic N) is 3. The number of unbranched alkanes of at least 4 members (excludes halogenated alkanes) is 4. The Bertz CT molecular complexity index is 828. The molecule has 7 heteroatoms. The van der Waals surface area contributed by atoms with Gasteiger partial charge in [-0.15, -0.1) is 0 Å². The van der Waals surface area contributed by atoms with Crippen molar-refractivity contribution in [3.05, 3.63) is 53.4 Å². The van der Waals surface area contributed by atoms with E-state index in [2.05, 4.69) is 33.8 Å². The lowest BCUT2D eigenvalue weighted by molar-refractivity contribution is 0.215. The number of aryl methyl sites for hydroxylation is 2. The molecule has 0 saturated heterocycles. The van der Waals surface area contributed by atoms with Gasteiger partial charge in [-0.3, -0.25) is 0 Å². The molecule has 174 valence electrons. The van der Waals surface area contributed by atoms with Crippen LogP contribution >= 0.6 is 0 Å². The summed E-state index contributed by atoms with van der Waals surface area (Å²) < 4.78 is 17.4. The molecule has 7 nitrogen and oxygen atoms in total. The first-order valence-corrected chi connectivity index (χ1v) is 11.1. The monoisotopic (exact) mass is 441 g/mol. The highest BCUT2D eigenvalue weighted by molar-refractivity contribution is 5.77. The van der Waals surface area contributed by atoms with Crippen LogP contribution in [-0.4, -0.2) is 43.1 Å². The highest BCUT2D eigenvalue weighted by Gasteiger charge is 2.07. The van der Waals surface area contributed by atoms with Gasteiger partial charge in [0.25, 0.3) is 0 Å². The van der Waals surface area contributed by atoms with Gasteiger partial charge in [0.2, 0.25) is 0 Å². The molecule has 0 saturated carbocycles. The number of aromatic nitrogens is 2. The standard InChI is InChI=1S/C25H35N3O4/c1-5-6-12-30-23-15-20(2)24(21(3)16-23)31-13-10-8-7-9-11-14-32-25-26-17-22(18-27-25)19-28-29-4/h5-6,15-19H,7-14H2,1-4H3/b6-5+,28-19+. The van der Waals surface area contributed by atoms with Gasteiger partial charge in [-0.1, -0.05) is 36.6 Å². The number of allylic oxidation sites excluding steroid dienone is 1. The Morgan fingerprint density at radius 1 is 0.875 bits per heavy atom. The summed E-state index contributed by atoms with van der Waals surface area (Å²) >= 11 is 0. The van der Waals surface area contributed by atoms with E-state index in [-0.39, 0.29) is 0 Å². The zero-order valence-corrected chi connectivity index (χ0v) is 19.7. The molecule has 0 aliphatic carbocycles. The van der Waals surface area contributed by atoms with Crippen molar-refractivity contribution in [1.29, 1.82) is 0 Å². The molecule has 1 heterocycles. The van der Waals surface area contributed by atoms with Crippen molar-refractivity contribution >= 4 is 6.21 Å². The number of benzene rings is 1. The number of oxime groups is 1. The van der Waals surface area contributed by atoms with Crippen molar-refractivity contribution in [2.45, 2.75) is 52.9 Å². The van der Waals surface area contributed by atoms with Gasteiger partial charge in [-0.25, -0.2) is 9.97 Å². The highest BCUT2D eigenvalue weighted by Crippen LogP contribution is 2.28. The third-order valence-electron chi connectivity index (χ3n) is 4.74. The Balaban J connectivity index is 1.56. The first-order chi connectivity index (χ1) is 15.6. The fourth-order valence-corrected chi connectivity index (χ4v) is 3.12. The van der Waals surface area contributed by atoms with Crippen LogP contribution in [0, 0.1) is 13.8 Å². The number of rotatable bonds is 15. The maximum atomic E-state index is 6.04. The second-order valence-corrected chi connectivity index (χ2v) is 7.45. The van der Waals surface area contributed by atoms with Crippen LogP contribution in [0.4, 0.5) is 0 Å². The summed E-state index contributed by atoms with van der Waals surface area (Å²) in [5.74, 6) is 1.85. The first-order valence-electron chi connectivity index (χ1n) is 11.1. The molecule has 0 bridgehead atoms. The SMILES string of the molecule is C/C=C/COc1cc(C)c(OCCCCCCCOc2ncc(/C=N/OC)cn2)c(C)c1. The summed E-state index contributed by atoms with van der Waals surface area (Å²) in [7, 11) is 1.49. The van der Waals surface area contributed by atoms with Crippen LogP contribution in [0.15, 0.2) is 41.8 Å². The van der Waals surface area contributed by atoms with Crippen molar-refractivity contribution in [3.8, 4) is 17.5 Å². The molecule has 0 aliphatic rings. The molecule has 0 fully saturated rings. The van der Waals surface area contributed by atoms with E-state index in [0.717, 1.165) is 66.9 Å². The van der Waals surface area contributed by atoms with Crippen LogP contribution in [0.25, 0.3) is 0 Å². The predicted octanol–water partition coefficient (Wildman–Crippen LogP) is 5.44. The van der Waals surface area contributed by atoms with Gasteiger partial charge in [-0.2, -0.15) is 0 Å². The smallest absolute Gasteiger partial charge is 0.316 e. The van der Waals surface area contributed by atoms with Crippen LogP contribution in [-0.2, 0) is 4.84 Å². The van der Waals surface area contributed by atoms with Crippen molar-refractivity contribution in [3.63, 3.8) is 0 Å². The molecule has 0 atom stereocenters. The highest BCUT2D eigenvalue weighted by atomic mass is 16.6. The van der Waals surface area contributed by atoms with Crippen molar-refractivity contribution in [2.75, 3.05) is 26.9 Å². The van der Waals surface area contributed by atoms with E-state index < -0.39 is 0 Å². The Morgan fingerprint density at radius 2 is 1.50 bits per heavy atom. The number of hydrogen-bond donors (Lipinski definition) is 0. The molecular weight excluding hydrogens is 406 g/mol. The van der Waals surface area contributed by atoms with Crippen LogP contribution in [0.3, 0.4) is 0 Å². The molecule has 0 aliphatic heterocycles. The summed E-state index contributed by atoms with van der Waals surface area (Å²) in [6.07, 6.45) is 14.2. The number of hydrogen-bond acceptors (Lipinski definition) is 7. The Labute approximate surface area is 191 Å². The fraction of sp³-hybridized carbons (Fsp3) is 0.480. The summed E-state index contributed by atoms with van der Waals surface area (Å²) in [4.78, 5) is 12.9. The average Bonchev–Trinajstić information content (AvgIpc) is 2.79. The maximum absolute atomic E-state index is 6.04. The molecule has 0 amide bonds. The van der Waals surface area contributed by atoms with Crippen LogP contribution < -0.4 is 14.2 Å². The van der Waals surface area contributed by atoms with Gasteiger partial charge in [0.15, 0.2) is 0 Å². The van der Waals surface area contributed by atoms with Gasteiger partial charge in [0.05, 0.1) is 19.4 Å². The lowest BCUT2D eigenvalue weighted by Gasteiger charge is -2.14. The summed E-state index contributed by atoms with van der Waals surface area (Å²) in [6, 6.07) is 4.46. The third-order valence-corrected chi connectivity index (χ3v) is 4.74. The third kappa shape index (κ3) is 9.37. The molecule has 2 rings (SSSR count). The second kappa shape index (κ2) is 14.8. The van der Waals surface area contributed by atoms with E-state index in [1.165, 1.54) is 7.11 Å². The van der Waals surface area contributed by atoms with Crippen LogP contribution in [0.5, 0.6) is 17.5 Å². The molecule has 1 aromatic heterocycles. The molecular formula is C25H35N3O4. The minimum Gasteiger partial charge on any atom is -0.493 e. The van der Waals surface area contributed by atoms with Crippen LogP contribution in [0.2, 0.25) is 0 Å². The lowest BCUT2D eigenvalue weighted by Crippen LogP contribution is -2.03. The van der Waals surface area contributed by atoms with Gasteiger partial charge in [0, 0.05) is 18.0 Å². The Hall–Kier alpha value is -3.09. The van der Waals surface area contributed by atoms with Crippen molar-refractivity contribution in [1.82, 2.24) is 9.97 Å². The average molecular weight is 442 g/mol. The molecule has 0 spiro atoms. The summed E-state index contributed by atoms with van der Waals surface area (Å²) in [5, 5.41) is 3.67. The minimum atomic E-state index is 0.386. The molecule has 32 heavy (non-hydrogen) atoms. The van der Waals surface area contributed by atoms with E-state index in [0.29, 0.717) is 19.2 Å². The zero-order valence-electron chi connectivity index (χ0n) is 19.7. The van der Waals surface area contributed by atoms with Gasteiger partial charge >= 0.3 is 6.01 Å². The van der Waals surface area contributed by atoms with E-state index in [9.17, 15) is 0 Å². The molecule has 0 N–H and O–H groups in total. The number of ether oxygens (including phenoxy) is 3. The first kappa shape index (κ1) is 25.2. The lowest BCUT2D eigenvalue weighted by atomic mass is 10.1. The van der Waals surface area contributed by atoms with Crippen molar-refractivity contribution < 1.29 is 19.0 Å². The van der Waals surface area contributed by atoms with E-state index >= 15 is 0 Å². The van der Waals surface area contributed by atoms with Crippen molar-refractivity contribution in [2.24, 2.45) is 5.16 Å². The Kier molecular flexibility index (Phi) is 11.7. The van der Waals surface area contributed by atoms with Gasteiger partial charge in [0.1, 0.15) is 25.2 Å². The zero-order chi connectivity index (χ0) is 23.0. The van der Waals surface area contributed by atoms with Gasteiger partial charge < -0.3 is 19.0 Å². The fourth-order valence-electron chi connectivity index (χ4n) is 3.12. The predicted molar refractivity (Wildman–Crippen MR) is 127 cm³/mol. The summed E-state index contributed by atoms with van der Waals surface area (Å²) in [5.41, 5.74) is 2.98. The molecule has 0 unspecified atom stereocenters. The molecule has 0 radical (unpaired) electrons. The normalized spacial score (nSPS) is 11.2. The quantitative estimate of drug-likeness (QED) is 0.159. The maximum Gasteiger partial charge on any atom is 0.316 e. The summed E-state index contributed by atoms with van der Waals surface area (Å²) in [6.45, 7) is 8.04. The topological polar surface area (TPSA) is 75.1 Å². The minimum absolute atomic E-state index is 0.386. The molecule has 1 aromatic carbocycles. The Morgan fingerprint density at radius 3 is 2.12 bits per heavy atom. The second-order valence-electron chi connectivity index (χ2n) is 7.45. The van der Waals surface area contributed by atoms with E-state index in [4.69, 9.17) is 14.2 Å². The van der Waals surface area contributed by atoms with Gasteiger partial charge in [-0.05, 0) is 56.9 Å².